The number of sulfonamides is 1. The fraction of sp³-hybridized carbons (Fsp3) is 0.300. The molecule has 0 bridgehead atoms. The molecule has 0 aliphatic rings. The number of carbonyl (C=O) groups is 1. The Morgan fingerprint density at radius 2 is 2.05 bits per heavy atom. The first kappa shape index (κ1) is 15.6. The summed E-state index contributed by atoms with van der Waals surface area (Å²) in [5, 5.41) is -0.230. The van der Waals surface area contributed by atoms with E-state index in [1.54, 1.807) is 0 Å². The zero-order chi connectivity index (χ0) is 14.6. The van der Waals surface area contributed by atoms with E-state index in [4.69, 9.17) is 17.3 Å². The van der Waals surface area contributed by atoms with Crippen molar-refractivity contribution in [2.75, 3.05) is 17.1 Å². The highest BCUT2D eigenvalue weighted by Gasteiger charge is 2.20. The van der Waals surface area contributed by atoms with Crippen LogP contribution in [0.5, 0.6) is 0 Å². The lowest BCUT2D eigenvalue weighted by Crippen LogP contribution is -2.20. The number of hydrogen-bond donors (Lipinski definition) is 2. The van der Waals surface area contributed by atoms with Gasteiger partial charge in [-0.3, -0.25) is 13.9 Å². The number of amides is 1. The van der Waals surface area contributed by atoms with Gasteiger partial charge in [-0.05, 0) is 18.6 Å². The van der Waals surface area contributed by atoms with Crippen LogP contribution in [0.2, 0.25) is 5.02 Å². The van der Waals surface area contributed by atoms with Crippen molar-refractivity contribution in [3.8, 4) is 0 Å². The van der Waals surface area contributed by atoms with E-state index < -0.39 is 45.4 Å². The molecular weight excluding hydrogens is 302 g/mol. The van der Waals surface area contributed by atoms with Crippen LogP contribution in [-0.2, 0) is 10.0 Å². The molecule has 1 amide bonds. The lowest BCUT2D eigenvalue weighted by atomic mass is 10.2. The fourth-order valence-electron chi connectivity index (χ4n) is 1.29. The van der Waals surface area contributed by atoms with Gasteiger partial charge in [-0.25, -0.2) is 12.8 Å². The van der Waals surface area contributed by atoms with Crippen LogP contribution >= 0.6 is 11.6 Å². The molecule has 0 saturated heterocycles. The van der Waals surface area contributed by atoms with E-state index in [0.717, 1.165) is 12.1 Å². The van der Waals surface area contributed by atoms with Gasteiger partial charge >= 0.3 is 0 Å². The third-order valence-electron chi connectivity index (χ3n) is 2.16. The van der Waals surface area contributed by atoms with Gasteiger partial charge in [-0.2, -0.15) is 0 Å². The Kier molecular flexibility index (Phi) is 5.07. The highest BCUT2D eigenvalue weighted by molar-refractivity contribution is 7.92. The molecule has 0 heterocycles. The maximum Gasteiger partial charge on any atom is 0.251 e. The van der Waals surface area contributed by atoms with Gasteiger partial charge in [0.25, 0.3) is 5.91 Å². The number of carbonyl (C=O) groups excluding carboxylic acids is 1. The number of benzene rings is 1. The summed E-state index contributed by atoms with van der Waals surface area (Å²) in [7, 11) is -3.95. The zero-order valence-electron chi connectivity index (χ0n) is 9.62. The average molecular weight is 313 g/mol. The Morgan fingerprint density at radius 1 is 1.42 bits per heavy atom. The van der Waals surface area contributed by atoms with Gasteiger partial charge in [-0.15, -0.1) is 0 Å². The number of nitrogens with one attached hydrogen (secondary N) is 1. The second-order valence-corrected chi connectivity index (χ2v) is 5.86. The van der Waals surface area contributed by atoms with Crippen molar-refractivity contribution in [1.29, 1.82) is 0 Å². The van der Waals surface area contributed by atoms with Gasteiger partial charge in [0.2, 0.25) is 10.0 Å². The van der Waals surface area contributed by atoms with Crippen LogP contribution in [0, 0.1) is 5.82 Å². The zero-order valence-corrected chi connectivity index (χ0v) is 11.2. The van der Waals surface area contributed by atoms with Crippen molar-refractivity contribution in [3.05, 3.63) is 28.5 Å². The Morgan fingerprint density at radius 3 is 2.58 bits per heavy atom. The Hall–Kier alpha value is -1.41. The van der Waals surface area contributed by atoms with Crippen molar-refractivity contribution < 1.29 is 22.0 Å². The predicted molar refractivity (Wildman–Crippen MR) is 67.9 cm³/mol. The van der Waals surface area contributed by atoms with Crippen LogP contribution in [-0.4, -0.2) is 26.8 Å². The largest absolute Gasteiger partial charge is 0.366 e. The SMILES string of the molecule is NC(=O)c1ccc(Cl)c(NS(=O)(=O)CCCF)c1F. The molecule has 1 rings (SSSR count). The Labute approximate surface area is 113 Å². The van der Waals surface area contributed by atoms with E-state index in [-0.39, 0.29) is 11.4 Å². The monoisotopic (exact) mass is 312 g/mol. The van der Waals surface area contributed by atoms with Gasteiger partial charge in [0, 0.05) is 0 Å². The van der Waals surface area contributed by atoms with E-state index in [2.05, 4.69) is 0 Å². The first-order valence-corrected chi connectivity index (χ1v) is 7.16. The van der Waals surface area contributed by atoms with Crippen molar-refractivity contribution in [1.82, 2.24) is 0 Å². The standard InChI is InChI=1S/C10H11ClF2N2O3S/c11-7-3-2-6(10(14)16)8(13)9(7)15-19(17,18)5-1-4-12/h2-3,15H,1,4-5H2,(H2,14,16). The van der Waals surface area contributed by atoms with Gasteiger partial charge in [0.1, 0.15) is 5.69 Å². The summed E-state index contributed by atoms with van der Waals surface area (Å²) >= 11 is 5.65. The summed E-state index contributed by atoms with van der Waals surface area (Å²) in [6.07, 6.45) is -0.232. The molecule has 0 unspecified atom stereocenters. The van der Waals surface area contributed by atoms with E-state index in [9.17, 15) is 22.0 Å². The minimum absolute atomic E-state index is 0.230. The van der Waals surface area contributed by atoms with Crippen LogP contribution < -0.4 is 10.5 Å². The Balaban J connectivity index is 3.14. The van der Waals surface area contributed by atoms with E-state index >= 15 is 0 Å². The summed E-state index contributed by atoms with van der Waals surface area (Å²) < 4.78 is 50.7. The van der Waals surface area contributed by atoms with Gasteiger partial charge < -0.3 is 5.73 Å². The van der Waals surface area contributed by atoms with Crippen LogP contribution in [0.15, 0.2) is 12.1 Å². The van der Waals surface area contributed by atoms with Gasteiger partial charge in [-0.1, -0.05) is 11.6 Å². The van der Waals surface area contributed by atoms with Crippen LogP contribution in [0.25, 0.3) is 0 Å². The quantitative estimate of drug-likeness (QED) is 0.837. The molecule has 0 radical (unpaired) electrons. The van der Waals surface area contributed by atoms with Crippen LogP contribution in [0.3, 0.4) is 0 Å². The minimum atomic E-state index is -3.95. The van der Waals surface area contributed by atoms with E-state index in [0.29, 0.717) is 0 Å². The highest BCUT2D eigenvalue weighted by atomic mass is 35.5. The smallest absolute Gasteiger partial charge is 0.251 e. The molecule has 106 valence electrons. The third-order valence-corrected chi connectivity index (χ3v) is 3.82. The molecule has 1 aromatic carbocycles. The summed E-state index contributed by atoms with van der Waals surface area (Å²) in [5.74, 6) is -2.75. The maximum atomic E-state index is 13.9. The molecule has 0 atom stereocenters. The van der Waals surface area contributed by atoms with Crippen molar-refractivity contribution in [2.45, 2.75) is 6.42 Å². The number of rotatable bonds is 6. The Bertz CT molecular complexity index is 593. The molecular formula is C10H11ClF2N2O3S. The first-order chi connectivity index (χ1) is 8.78. The van der Waals surface area contributed by atoms with Crippen molar-refractivity contribution in [3.63, 3.8) is 0 Å². The van der Waals surface area contributed by atoms with Crippen molar-refractivity contribution in [2.24, 2.45) is 5.73 Å². The average Bonchev–Trinajstić information content (AvgIpc) is 2.31. The molecule has 0 spiro atoms. The molecule has 9 heteroatoms. The molecule has 0 fully saturated rings. The van der Waals surface area contributed by atoms with Crippen molar-refractivity contribution >= 4 is 33.2 Å². The number of primary amides is 1. The van der Waals surface area contributed by atoms with Crippen LogP contribution in [0.4, 0.5) is 14.5 Å². The molecule has 1 aromatic rings. The number of nitrogens with two attached hydrogens (primary N) is 1. The molecule has 19 heavy (non-hydrogen) atoms. The molecule has 5 nitrogen and oxygen atoms in total. The predicted octanol–water partition coefficient (Wildman–Crippen LogP) is 1.68. The fourth-order valence-corrected chi connectivity index (χ4v) is 2.64. The number of alkyl halides is 1. The summed E-state index contributed by atoms with van der Waals surface area (Å²) in [5.41, 5.74) is 3.86. The second-order valence-electron chi connectivity index (χ2n) is 3.61. The van der Waals surface area contributed by atoms with Gasteiger partial charge in [0.15, 0.2) is 5.82 Å². The summed E-state index contributed by atoms with van der Waals surface area (Å²) in [6, 6.07) is 2.18. The third kappa shape index (κ3) is 4.03. The summed E-state index contributed by atoms with van der Waals surface area (Å²) in [4.78, 5) is 10.9. The van der Waals surface area contributed by atoms with Gasteiger partial charge in [0.05, 0.1) is 23.0 Å². The molecule has 0 aromatic heterocycles. The topological polar surface area (TPSA) is 89.3 Å². The lowest BCUT2D eigenvalue weighted by Gasteiger charge is -2.11. The number of hydrogen-bond acceptors (Lipinski definition) is 3. The van der Waals surface area contributed by atoms with E-state index in [1.807, 2.05) is 4.72 Å². The molecule has 3 N–H and O–H groups in total. The van der Waals surface area contributed by atoms with Crippen LogP contribution in [0.1, 0.15) is 16.8 Å². The normalized spacial score (nSPS) is 11.3. The highest BCUT2D eigenvalue weighted by Crippen LogP contribution is 2.28. The first-order valence-electron chi connectivity index (χ1n) is 5.12. The second kappa shape index (κ2) is 6.16. The lowest BCUT2D eigenvalue weighted by molar-refractivity contribution is 0.0996. The maximum absolute atomic E-state index is 13.9. The molecule has 0 aliphatic heterocycles. The number of anilines is 1. The molecule has 0 saturated carbocycles. The molecule has 0 aliphatic carbocycles. The summed E-state index contributed by atoms with van der Waals surface area (Å²) in [6.45, 7) is -0.821. The van der Waals surface area contributed by atoms with E-state index in [1.165, 1.54) is 0 Å². The minimum Gasteiger partial charge on any atom is -0.366 e. The number of halogens is 3.